The molecule has 1 saturated heterocycles. The summed E-state index contributed by atoms with van der Waals surface area (Å²) in [5.74, 6) is -2.26. The first kappa shape index (κ1) is 24.1. The topological polar surface area (TPSA) is 18.5 Å². The molecule has 1 aliphatic heterocycles. The lowest BCUT2D eigenvalue weighted by Gasteiger charge is -2.29. The van der Waals surface area contributed by atoms with Gasteiger partial charge in [-0.25, -0.2) is 8.78 Å². The molecular formula is C29H29F3O2. The zero-order valence-corrected chi connectivity index (χ0v) is 19.5. The number of allylic oxidation sites excluding steroid dienone is 2. The standard InChI is InChI=1S/C29H29F3O2/c1-3-4-5-6-23-13-11-22(18-34-23)21-12-14-24(26(30)17-21)19-7-9-20(10-8-19)25-15-16-27(33-2)29(32)28(25)31/h3-4,7-10,12,14-17,22-23H,5-6,11,13,18H2,1-2H3. The Morgan fingerprint density at radius 1 is 0.912 bits per heavy atom. The number of methoxy groups -OCH3 is 1. The molecule has 0 saturated carbocycles. The molecule has 0 N–H and O–H groups in total. The van der Waals surface area contributed by atoms with Gasteiger partial charge in [0, 0.05) is 17.0 Å². The van der Waals surface area contributed by atoms with Gasteiger partial charge >= 0.3 is 0 Å². The SMILES string of the molecule is CC=CCCC1CCC(c2ccc(-c3ccc(-c4ccc(OC)c(F)c4F)cc3)c(F)c2)CO1. The van der Waals surface area contributed by atoms with Gasteiger partial charge in [0.1, 0.15) is 5.82 Å². The smallest absolute Gasteiger partial charge is 0.201 e. The van der Waals surface area contributed by atoms with Crippen molar-refractivity contribution in [1.29, 1.82) is 0 Å². The second-order valence-corrected chi connectivity index (χ2v) is 8.64. The normalized spacial score (nSPS) is 18.4. The summed E-state index contributed by atoms with van der Waals surface area (Å²) in [7, 11) is 1.29. The van der Waals surface area contributed by atoms with Crippen LogP contribution in [0.1, 0.15) is 44.1 Å². The van der Waals surface area contributed by atoms with Crippen LogP contribution >= 0.6 is 0 Å². The summed E-state index contributed by atoms with van der Waals surface area (Å²) in [6.45, 7) is 2.63. The maximum absolute atomic E-state index is 15.0. The van der Waals surface area contributed by atoms with Crippen LogP contribution in [0.25, 0.3) is 22.3 Å². The highest BCUT2D eigenvalue weighted by molar-refractivity contribution is 5.71. The van der Waals surface area contributed by atoms with Gasteiger partial charge in [-0.15, -0.1) is 0 Å². The van der Waals surface area contributed by atoms with Crippen LogP contribution in [0.4, 0.5) is 13.2 Å². The molecule has 4 rings (SSSR count). The maximum Gasteiger partial charge on any atom is 0.201 e. The van der Waals surface area contributed by atoms with E-state index in [0.29, 0.717) is 23.3 Å². The molecule has 0 bridgehead atoms. The Morgan fingerprint density at radius 2 is 1.62 bits per heavy atom. The van der Waals surface area contributed by atoms with Crippen molar-refractivity contribution in [2.75, 3.05) is 13.7 Å². The zero-order valence-electron chi connectivity index (χ0n) is 19.5. The predicted molar refractivity (Wildman–Crippen MR) is 130 cm³/mol. The second-order valence-electron chi connectivity index (χ2n) is 8.64. The van der Waals surface area contributed by atoms with E-state index in [-0.39, 0.29) is 29.2 Å². The molecule has 1 heterocycles. The molecular weight excluding hydrogens is 437 g/mol. The van der Waals surface area contributed by atoms with Crippen molar-refractivity contribution in [2.45, 2.75) is 44.6 Å². The van der Waals surface area contributed by atoms with Gasteiger partial charge in [0.2, 0.25) is 5.82 Å². The van der Waals surface area contributed by atoms with Crippen molar-refractivity contribution in [3.05, 3.63) is 89.8 Å². The molecule has 0 amide bonds. The van der Waals surface area contributed by atoms with E-state index >= 15 is 4.39 Å². The Bertz CT molecular complexity index is 1150. The van der Waals surface area contributed by atoms with Crippen molar-refractivity contribution in [2.24, 2.45) is 0 Å². The molecule has 178 valence electrons. The van der Waals surface area contributed by atoms with Gasteiger partial charge in [-0.05, 0) is 67.5 Å². The first-order valence-electron chi connectivity index (χ1n) is 11.7. The molecule has 0 aromatic heterocycles. The third-order valence-corrected chi connectivity index (χ3v) is 6.50. The fourth-order valence-corrected chi connectivity index (χ4v) is 4.51. The van der Waals surface area contributed by atoms with E-state index in [0.717, 1.165) is 31.2 Å². The summed E-state index contributed by atoms with van der Waals surface area (Å²) in [4.78, 5) is 0. The lowest BCUT2D eigenvalue weighted by molar-refractivity contribution is -0.000225. The minimum Gasteiger partial charge on any atom is -0.494 e. The van der Waals surface area contributed by atoms with Crippen LogP contribution in [0.5, 0.6) is 5.75 Å². The minimum absolute atomic E-state index is 0.127. The third-order valence-electron chi connectivity index (χ3n) is 6.50. The van der Waals surface area contributed by atoms with Crippen molar-refractivity contribution in [3.8, 4) is 28.0 Å². The molecule has 0 radical (unpaired) electrons. The quantitative estimate of drug-likeness (QED) is 0.328. The van der Waals surface area contributed by atoms with Crippen LogP contribution in [0.15, 0.2) is 66.7 Å². The Kier molecular flexibility index (Phi) is 7.73. The van der Waals surface area contributed by atoms with Crippen LogP contribution in [-0.4, -0.2) is 19.8 Å². The Balaban J connectivity index is 1.46. The first-order chi connectivity index (χ1) is 16.5. The molecule has 3 aromatic carbocycles. The molecule has 2 unspecified atom stereocenters. The van der Waals surface area contributed by atoms with Gasteiger partial charge in [0.15, 0.2) is 11.6 Å². The van der Waals surface area contributed by atoms with Crippen molar-refractivity contribution < 1.29 is 22.6 Å². The van der Waals surface area contributed by atoms with E-state index in [9.17, 15) is 8.78 Å². The van der Waals surface area contributed by atoms with Gasteiger partial charge in [0.25, 0.3) is 0 Å². The molecule has 0 spiro atoms. The maximum atomic E-state index is 15.0. The third kappa shape index (κ3) is 5.20. The van der Waals surface area contributed by atoms with E-state index in [2.05, 4.69) is 12.2 Å². The first-order valence-corrected chi connectivity index (χ1v) is 11.7. The van der Waals surface area contributed by atoms with E-state index in [4.69, 9.17) is 9.47 Å². The van der Waals surface area contributed by atoms with Gasteiger partial charge < -0.3 is 9.47 Å². The molecule has 2 atom stereocenters. The van der Waals surface area contributed by atoms with Crippen molar-refractivity contribution in [3.63, 3.8) is 0 Å². The van der Waals surface area contributed by atoms with Gasteiger partial charge in [-0.1, -0.05) is 48.6 Å². The van der Waals surface area contributed by atoms with Crippen LogP contribution in [-0.2, 0) is 4.74 Å². The largest absolute Gasteiger partial charge is 0.494 e. The summed E-state index contributed by atoms with van der Waals surface area (Å²) >= 11 is 0. The molecule has 34 heavy (non-hydrogen) atoms. The highest BCUT2D eigenvalue weighted by atomic mass is 19.2. The van der Waals surface area contributed by atoms with Crippen LogP contribution in [0.3, 0.4) is 0 Å². The van der Waals surface area contributed by atoms with E-state index < -0.39 is 11.6 Å². The van der Waals surface area contributed by atoms with Gasteiger partial charge in [-0.2, -0.15) is 4.39 Å². The fourth-order valence-electron chi connectivity index (χ4n) is 4.51. The molecule has 1 fully saturated rings. The predicted octanol–water partition coefficient (Wildman–Crippen LogP) is 8.07. The summed E-state index contributed by atoms with van der Waals surface area (Å²) < 4.78 is 54.3. The van der Waals surface area contributed by atoms with Crippen LogP contribution in [0, 0.1) is 17.5 Å². The Labute approximate surface area is 199 Å². The fraction of sp³-hybridized carbons (Fsp3) is 0.310. The average Bonchev–Trinajstić information content (AvgIpc) is 2.86. The lowest BCUT2D eigenvalue weighted by atomic mass is 9.89. The second kappa shape index (κ2) is 10.9. The van der Waals surface area contributed by atoms with Crippen molar-refractivity contribution >= 4 is 0 Å². The number of hydrogen-bond acceptors (Lipinski definition) is 2. The number of hydrogen-bond donors (Lipinski definition) is 0. The molecule has 2 nitrogen and oxygen atoms in total. The average molecular weight is 467 g/mol. The molecule has 3 aromatic rings. The summed E-state index contributed by atoms with van der Waals surface area (Å²) in [5, 5.41) is 0. The monoisotopic (exact) mass is 466 g/mol. The summed E-state index contributed by atoms with van der Waals surface area (Å²) in [6, 6.07) is 15.0. The van der Waals surface area contributed by atoms with Crippen molar-refractivity contribution in [1.82, 2.24) is 0 Å². The van der Waals surface area contributed by atoms with Gasteiger partial charge in [-0.3, -0.25) is 0 Å². The van der Waals surface area contributed by atoms with Gasteiger partial charge in [0.05, 0.1) is 19.8 Å². The van der Waals surface area contributed by atoms with E-state index in [1.165, 1.54) is 19.2 Å². The van der Waals surface area contributed by atoms with Crippen LogP contribution < -0.4 is 4.74 Å². The zero-order chi connectivity index (χ0) is 24.1. The Morgan fingerprint density at radius 3 is 2.24 bits per heavy atom. The summed E-state index contributed by atoms with van der Waals surface area (Å²) in [5.41, 5.74) is 2.72. The minimum atomic E-state index is -1.03. The van der Waals surface area contributed by atoms with E-state index in [1.54, 1.807) is 36.4 Å². The highest BCUT2D eigenvalue weighted by Gasteiger charge is 2.23. The van der Waals surface area contributed by atoms with Crippen LogP contribution in [0.2, 0.25) is 0 Å². The number of ether oxygens (including phenoxy) is 2. The lowest BCUT2D eigenvalue weighted by Crippen LogP contribution is -2.24. The molecule has 1 aliphatic rings. The van der Waals surface area contributed by atoms with E-state index in [1.807, 2.05) is 13.0 Å². The molecule has 0 aliphatic carbocycles. The number of rotatable bonds is 7. The Hall–Kier alpha value is -3.05. The number of halogens is 3. The summed E-state index contributed by atoms with van der Waals surface area (Å²) in [6.07, 6.45) is 8.50. The molecule has 5 heteroatoms. The number of benzene rings is 3. The highest BCUT2D eigenvalue weighted by Crippen LogP contribution is 2.34.